The van der Waals surface area contributed by atoms with Crippen LogP contribution in [0, 0.1) is 12.8 Å². The maximum absolute atomic E-state index is 13.5. The molecule has 0 aliphatic carbocycles. The number of nitrogens with zero attached hydrogens (tertiary/aromatic N) is 1. The number of aryl methyl sites for hydroxylation is 1. The average molecular weight is 486 g/mol. The molecule has 0 unspecified atom stereocenters. The normalized spacial score (nSPS) is 20.9. The number of carbonyl (C=O) groups is 2. The summed E-state index contributed by atoms with van der Waals surface area (Å²) in [6, 6.07) is 10.8. The first kappa shape index (κ1) is 24.2. The van der Waals surface area contributed by atoms with Crippen molar-refractivity contribution in [3.8, 4) is 5.75 Å². The smallest absolute Gasteiger partial charge is 0.265 e. The van der Waals surface area contributed by atoms with Gasteiger partial charge in [-0.15, -0.1) is 0 Å². The number of hydrogen-bond acceptors (Lipinski definition) is 5. The van der Waals surface area contributed by atoms with Crippen molar-refractivity contribution in [3.63, 3.8) is 0 Å². The molecule has 34 heavy (non-hydrogen) atoms. The fourth-order valence-corrected chi connectivity index (χ4v) is 6.08. The van der Waals surface area contributed by atoms with Crippen LogP contribution in [0.4, 0.5) is 11.4 Å². The summed E-state index contributed by atoms with van der Waals surface area (Å²) in [5.74, 6) is -0.168. The number of sulfonamides is 1. The highest BCUT2D eigenvalue weighted by molar-refractivity contribution is 7.89. The van der Waals surface area contributed by atoms with Crippen LogP contribution in [0.1, 0.15) is 50.7 Å². The van der Waals surface area contributed by atoms with Gasteiger partial charge < -0.3 is 15.4 Å². The molecule has 4 rings (SSSR count). The highest BCUT2D eigenvalue weighted by Crippen LogP contribution is 2.36. The summed E-state index contributed by atoms with van der Waals surface area (Å²) in [6.45, 7) is 7.97. The Morgan fingerprint density at radius 2 is 1.91 bits per heavy atom. The summed E-state index contributed by atoms with van der Waals surface area (Å²) in [7, 11) is -3.85. The van der Waals surface area contributed by atoms with E-state index >= 15 is 0 Å². The molecule has 182 valence electrons. The average Bonchev–Trinajstić information content (AvgIpc) is 2.80. The molecular weight excluding hydrogens is 454 g/mol. The fraction of sp³-hybridized carbons (Fsp3) is 0.440. The van der Waals surface area contributed by atoms with Crippen LogP contribution in [0.25, 0.3) is 0 Å². The topological polar surface area (TPSA) is 105 Å². The van der Waals surface area contributed by atoms with Crippen LogP contribution >= 0.6 is 0 Å². The monoisotopic (exact) mass is 485 g/mol. The Balaban J connectivity index is 1.50. The minimum absolute atomic E-state index is 0.114. The molecule has 0 aromatic heterocycles. The zero-order valence-corrected chi connectivity index (χ0v) is 20.7. The Bertz CT molecular complexity index is 1210. The number of nitrogens with one attached hydrogen (secondary N) is 2. The molecule has 2 N–H and O–H groups in total. The van der Waals surface area contributed by atoms with E-state index in [9.17, 15) is 18.0 Å². The van der Waals surface area contributed by atoms with Gasteiger partial charge in [-0.2, -0.15) is 4.31 Å². The zero-order valence-electron chi connectivity index (χ0n) is 19.9. The van der Waals surface area contributed by atoms with E-state index in [4.69, 9.17) is 4.74 Å². The van der Waals surface area contributed by atoms with E-state index in [1.807, 2.05) is 24.3 Å². The van der Waals surface area contributed by atoms with Gasteiger partial charge in [0.05, 0.1) is 16.5 Å². The van der Waals surface area contributed by atoms with E-state index in [1.54, 1.807) is 19.9 Å². The first-order valence-corrected chi connectivity index (χ1v) is 13.0. The SMILES string of the molecule is Cc1cc2c(cc1S(=O)(=O)N1CCC[C@@H](C(=O)Nc3ccc(C(C)C)cc3)C1)O[C@H](C)C(=O)N2. The van der Waals surface area contributed by atoms with Crippen molar-refractivity contribution in [2.75, 3.05) is 23.7 Å². The Labute approximate surface area is 200 Å². The first-order valence-electron chi connectivity index (χ1n) is 11.6. The van der Waals surface area contributed by atoms with Crippen molar-refractivity contribution in [2.45, 2.75) is 57.5 Å². The molecule has 8 nitrogen and oxygen atoms in total. The Hall–Kier alpha value is -2.91. The molecule has 2 aromatic carbocycles. The molecule has 0 spiro atoms. The lowest BCUT2D eigenvalue weighted by molar-refractivity contribution is -0.123. The maximum atomic E-state index is 13.5. The van der Waals surface area contributed by atoms with Crippen LogP contribution in [0.5, 0.6) is 5.75 Å². The van der Waals surface area contributed by atoms with Gasteiger partial charge in [-0.3, -0.25) is 9.59 Å². The summed E-state index contributed by atoms with van der Waals surface area (Å²) in [6.07, 6.45) is 0.512. The number of hydrogen-bond donors (Lipinski definition) is 2. The fourth-order valence-electron chi connectivity index (χ4n) is 4.33. The lowest BCUT2D eigenvalue weighted by Crippen LogP contribution is -2.44. The van der Waals surface area contributed by atoms with E-state index in [1.165, 1.54) is 15.9 Å². The van der Waals surface area contributed by atoms with Crippen molar-refractivity contribution >= 4 is 33.2 Å². The number of amides is 2. The summed E-state index contributed by atoms with van der Waals surface area (Å²) < 4.78 is 34.0. The molecule has 0 bridgehead atoms. The second-order valence-electron chi connectivity index (χ2n) is 9.33. The van der Waals surface area contributed by atoms with Crippen LogP contribution in [0.2, 0.25) is 0 Å². The minimum Gasteiger partial charge on any atom is -0.479 e. The molecule has 0 saturated carbocycles. The molecular formula is C25H31N3O5S. The molecule has 2 heterocycles. The molecule has 2 atom stereocenters. The second-order valence-corrected chi connectivity index (χ2v) is 11.2. The quantitative estimate of drug-likeness (QED) is 0.669. The third-order valence-electron chi connectivity index (χ3n) is 6.43. The molecule has 0 radical (unpaired) electrons. The third kappa shape index (κ3) is 4.81. The summed E-state index contributed by atoms with van der Waals surface area (Å²) in [5.41, 5.74) is 2.85. The van der Waals surface area contributed by atoms with Gasteiger partial charge >= 0.3 is 0 Å². The highest BCUT2D eigenvalue weighted by Gasteiger charge is 2.35. The van der Waals surface area contributed by atoms with Crippen LogP contribution in [-0.2, 0) is 19.6 Å². The van der Waals surface area contributed by atoms with Gasteiger partial charge in [-0.1, -0.05) is 26.0 Å². The van der Waals surface area contributed by atoms with Gasteiger partial charge in [0, 0.05) is 24.8 Å². The largest absolute Gasteiger partial charge is 0.479 e. The van der Waals surface area contributed by atoms with Gasteiger partial charge in [0.2, 0.25) is 15.9 Å². The van der Waals surface area contributed by atoms with Gasteiger partial charge in [-0.25, -0.2) is 8.42 Å². The number of ether oxygens (including phenoxy) is 1. The summed E-state index contributed by atoms with van der Waals surface area (Å²) in [5, 5.41) is 5.67. The van der Waals surface area contributed by atoms with E-state index < -0.39 is 22.0 Å². The van der Waals surface area contributed by atoms with Crippen molar-refractivity contribution in [1.82, 2.24) is 4.31 Å². The lowest BCUT2D eigenvalue weighted by atomic mass is 9.98. The Kier molecular flexibility index (Phi) is 6.69. The Morgan fingerprint density at radius 1 is 1.21 bits per heavy atom. The van der Waals surface area contributed by atoms with Gasteiger partial charge in [0.25, 0.3) is 5.91 Å². The Morgan fingerprint density at radius 3 is 2.59 bits per heavy atom. The highest BCUT2D eigenvalue weighted by atomic mass is 32.2. The minimum atomic E-state index is -3.85. The second kappa shape index (κ2) is 9.38. The molecule has 2 aliphatic rings. The van der Waals surface area contributed by atoms with Crippen LogP contribution in [0.15, 0.2) is 41.3 Å². The van der Waals surface area contributed by atoms with Crippen LogP contribution in [0.3, 0.4) is 0 Å². The van der Waals surface area contributed by atoms with E-state index in [0.29, 0.717) is 48.0 Å². The van der Waals surface area contributed by atoms with Crippen LogP contribution < -0.4 is 15.4 Å². The first-order chi connectivity index (χ1) is 16.1. The van der Waals surface area contributed by atoms with E-state index in [2.05, 4.69) is 24.5 Å². The lowest BCUT2D eigenvalue weighted by Gasteiger charge is -2.32. The predicted molar refractivity (Wildman–Crippen MR) is 131 cm³/mol. The van der Waals surface area contributed by atoms with Gasteiger partial charge in [-0.05, 0) is 61.9 Å². The molecule has 9 heteroatoms. The van der Waals surface area contributed by atoms with Gasteiger partial charge in [0.15, 0.2) is 6.10 Å². The van der Waals surface area contributed by atoms with E-state index in [0.717, 1.165) is 0 Å². The number of piperidine rings is 1. The summed E-state index contributed by atoms with van der Waals surface area (Å²) >= 11 is 0. The van der Waals surface area contributed by atoms with Crippen molar-refractivity contribution in [1.29, 1.82) is 0 Å². The number of fused-ring (bicyclic) bond motifs is 1. The number of carbonyl (C=O) groups excluding carboxylic acids is 2. The van der Waals surface area contributed by atoms with Crippen molar-refractivity contribution in [3.05, 3.63) is 47.5 Å². The van der Waals surface area contributed by atoms with Gasteiger partial charge in [0.1, 0.15) is 5.75 Å². The number of anilines is 2. The molecule has 1 fully saturated rings. The maximum Gasteiger partial charge on any atom is 0.265 e. The molecule has 1 saturated heterocycles. The van der Waals surface area contributed by atoms with E-state index in [-0.39, 0.29) is 23.3 Å². The van der Waals surface area contributed by atoms with Crippen molar-refractivity contribution < 1.29 is 22.7 Å². The van der Waals surface area contributed by atoms with Crippen molar-refractivity contribution in [2.24, 2.45) is 5.92 Å². The molecule has 2 aromatic rings. The number of benzene rings is 2. The number of rotatable bonds is 5. The standard InChI is InChI=1S/C25H31N3O5S/c1-15(2)18-7-9-20(10-8-18)26-25(30)19-6-5-11-28(14-19)34(31,32)23-13-22-21(12-16(23)3)27-24(29)17(4)33-22/h7-10,12-13,15,17,19H,5-6,11,14H2,1-4H3,(H,26,30)(H,27,29)/t17-,19-/m1/s1. The summed E-state index contributed by atoms with van der Waals surface area (Å²) in [4.78, 5) is 24.9. The predicted octanol–water partition coefficient (Wildman–Crippen LogP) is 3.88. The third-order valence-corrected chi connectivity index (χ3v) is 8.43. The van der Waals surface area contributed by atoms with Crippen LogP contribution in [-0.4, -0.2) is 43.7 Å². The molecule has 2 aliphatic heterocycles. The zero-order chi connectivity index (χ0) is 24.6. The molecule has 2 amide bonds.